The molecule has 1 heterocycles. The van der Waals surface area contributed by atoms with Crippen molar-refractivity contribution in [2.24, 2.45) is 0 Å². The Hall–Kier alpha value is -1.97. The molecule has 3 aromatic rings. The molecule has 0 spiro atoms. The Labute approximate surface area is 139 Å². The van der Waals surface area contributed by atoms with E-state index in [-0.39, 0.29) is 0 Å². The third-order valence-electron chi connectivity index (χ3n) is 3.14. The Bertz CT molecular complexity index is 730. The van der Waals surface area contributed by atoms with Crippen LogP contribution in [0.15, 0.2) is 77.8 Å². The summed E-state index contributed by atoms with van der Waals surface area (Å²) < 4.78 is 0. The van der Waals surface area contributed by atoms with Gasteiger partial charge in [0.1, 0.15) is 5.82 Å². The van der Waals surface area contributed by atoms with Crippen molar-refractivity contribution in [3.05, 3.63) is 83.5 Å². The highest BCUT2D eigenvalue weighted by Gasteiger charge is 2.05. The molecular weight excluding hydrogens is 312 g/mol. The molecule has 0 atom stereocenters. The van der Waals surface area contributed by atoms with Gasteiger partial charge in [0.05, 0.1) is 0 Å². The number of rotatable bonds is 5. The first-order valence-corrected chi connectivity index (χ1v) is 8.32. The Kier molecular flexibility index (Phi) is 4.99. The number of nitrogens with zero attached hydrogens (tertiary/aromatic N) is 1. The lowest BCUT2D eigenvalue weighted by molar-refractivity contribution is 1.24. The number of halogens is 1. The molecule has 0 aliphatic rings. The van der Waals surface area contributed by atoms with Crippen molar-refractivity contribution in [3.63, 3.8) is 0 Å². The summed E-state index contributed by atoms with van der Waals surface area (Å²) in [4.78, 5) is 5.70. The highest BCUT2D eigenvalue weighted by Crippen LogP contribution is 2.27. The van der Waals surface area contributed by atoms with Gasteiger partial charge in [0.2, 0.25) is 0 Å². The van der Waals surface area contributed by atoms with Crippen molar-refractivity contribution in [1.29, 1.82) is 0 Å². The minimum absolute atomic E-state index is 0.728. The zero-order valence-electron chi connectivity index (χ0n) is 11.9. The van der Waals surface area contributed by atoms with E-state index in [1.54, 1.807) is 18.0 Å². The maximum absolute atomic E-state index is 5.92. The minimum Gasteiger partial charge on any atom is -0.340 e. The summed E-state index contributed by atoms with van der Waals surface area (Å²) in [5.41, 5.74) is 2.15. The van der Waals surface area contributed by atoms with E-state index >= 15 is 0 Å². The largest absolute Gasteiger partial charge is 0.340 e. The van der Waals surface area contributed by atoms with E-state index in [9.17, 15) is 0 Å². The molecular formula is C18H15ClN2S. The number of anilines is 2. The van der Waals surface area contributed by atoms with Gasteiger partial charge in [-0.25, -0.2) is 4.98 Å². The van der Waals surface area contributed by atoms with Gasteiger partial charge in [0.25, 0.3) is 0 Å². The Morgan fingerprint density at radius 1 is 0.909 bits per heavy atom. The first kappa shape index (κ1) is 14.9. The number of pyridine rings is 1. The van der Waals surface area contributed by atoms with Crippen molar-refractivity contribution in [2.45, 2.75) is 10.6 Å². The van der Waals surface area contributed by atoms with Crippen molar-refractivity contribution >= 4 is 34.9 Å². The van der Waals surface area contributed by atoms with Crippen molar-refractivity contribution in [2.75, 3.05) is 5.32 Å². The predicted octanol–water partition coefficient (Wildman–Crippen LogP) is 5.77. The molecule has 0 saturated carbocycles. The first-order chi connectivity index (χ1) is 10.8. The number of hydrogen-bond donors (Lipinski definition) is 1. The summed E-state index contributed by atoms with van der Waals surface area (Å²) in [7, 11) is 0. The van der Waals surface area contributed by atoms with Crippen LogP contribution >= 0.6 is 23.4 Å². The van der Waals surface area contributed by atoms with Crippen molar-refractivity contribution in [1.82, 2.24) is 4.98 Å². The Morgan fingerprint density at radius 3 is 2.45 bits per heavy atom. The molecule has 0 fully saturated rings. The summed E-state index contributed by atoms with van der Waals surface area (Å²) in [6, 6.07) is 22.1. The molecule has 22 heavy (non-hydrogen) atoms. The number of benzene rings is 2. The lowest BCUT2D eigenvalue weighted by Gasteiger charge is -2.11. The molecule has 2 aromatic carbocycles. The summed E-state index contributed by atoms with van der Waals surface area (Å²) in [6.07, 6.45) is 1.80. The normalized spacial score (nSPS) is 10.4. The number of thioether (sulfide) groups is 1. The smallest absolute Gasteiger partial charge is 0.134 e. The molecule has 0 amide bonds. The maximum atomic E-state index is 5.92. The van der Waals surface area contributed by atoms with Crippen molar-refractivity contribution in [3.8, 4) is 0 Å². The minimum atomic E-state index is 0.728. The van der Waals surface area contributed by atoms with Crippen LogP contribution in [0.25, 0.3) is 0 Å². The summed E-state index contributed by atoms with van der Waals surface area (Å²) in [5, 5.41) is 4.08. The number of aromatic nitrogens is 1. The average Bonchev–Trinajstić information content (AvgIpc) is 2.57. The fourth-order valence-electron chi connectivity index (χ4n) is 2.02. The fourth-order valence-corrected chi connectivity index (χ4v) is 3.05. The molecule has 0 radical (unpaired) electrons. The van der Waals surface area contributed by atoms with Crippen LogP contribution in [-0.4, -0.2) is 4.98 Å². The van der Waals surface area contributed by atoms with Gasteiger partial charge in [-0.1, -0.05) is 35.9 Å². The van der Waals surface area contributed by atoms with Gasteiger partial charge in [-0.3, -0.25) is 0 Å². The quantitative estimate of drug-likeness (QED) is 0.602. The maximum Gasteiger partial charge on any atom is 0.134 e. The molecule has 2 nitrogen and oxygen atoms in total. The van der Waals surface area contributed by atoms with E-state index < -0.39 is 0 Å². The van der Waals surface area contributed by atoms with Crippen LogP contribution in [0.1, 0.15) is 5.56 Å². The van der Waals surface area contributed by atoms with E-state index in [2.05, 4.69) is 40.6 Å². The van der Waals surface area contributed by atoms with Crippen LogP contribution in [0.3, 0.4) is 0 Å². The second-order valence-corrected chi connectivity index (χ2v) is 6.23. The zero-order chi connectivity index (χ0) is 15.2. The molecule has 1 N–H and O–H groups in total. The highest BCUT2D eigenvalue weighted by molar-refractivity contribution is 7.98. The van der Waals surface area contributed by atoms with Crippen LogP contribution in [0.4, 0.5) is 11.5 Å². The molecule has 1 aromatic heterocycles. The molecule has 3 rings (SSSR count). The van der Waals surface area contributed by atoms with Crippen LogP contribution in [0.5, 0.6) is 0 Å². The lowest BCUT2D eigenvalue weighted by Crippen LogP contribution is -1.97. The fraction of sp³-hybridized carbons (Fsp3) is 0.0556. The second-order valence-electron chi connectivity index (χ2n) is 4.74. The first-order valence-electron chi connectivity index (χ1n) is 6.95. The topological polar surface area (TPSA) is 24.9 Å². The summed E-state index contributed by atoms with van der Waals surface area (Å²) in [5.74, 6) is 1.75. The van der Waals surface area contributed by atoms with E-state index in [0.29, 0.717) is 0 Å². The standard InChI is InChI=1S/C18H15ClN2S/c19-15-8-10-16(11-9-15)21-18-14(5-4-12-20-18)13-22-17-6-2-1-3-7-17/h1-12H,13H2,(H,20,21). The monoisotopic (exact) mass is 326 g/mol. The molecule has 0 aliphatic heterocycles. The zero-order valence-corrected chi connectivity index (χ0v) is 13.4. The predicted molar refractivity (Wildman–Crippen MR) is 95.0 cm³/mol. The number of hydrogen-bond acceptors (Lipinski definition) is 3. The second kappa shape index (κ2) is 7.34. The Morgan fingerprint density at radius 2 is 1.68 bits per heavy atom. The molecule has 0 aliphatic carbocycles. The molecule has 0 saturated heterocycles. The van der Waals surface area contributed by atoms with E-state index in [4.69, 9.17) is 11.6 Å². The van der Waals surface area contributed by atoms with E-state index in [1.165, 1.54) is 10.5 Å². The van der Waals surface area contributed by atoms with E-state index in [1.807, 2.05) is 36.4 Å². The third-order valence-corrected chi connectivity index (χ3v) is 4.45. The van der Waals surface area contributed by atoms with Crippen LogP contribution in [0.2, 0.25) is 5.02 Å². The molecule has 4 heteroatoms. The molecule has 0 unspecified atom stereocenters. The summed E-state index contributed by atoms with van der Waals surface area (Å²) >= 11 is 7.72. The van der Waals surface area contributed by atoms with Gasteiger partial charge in [0, 0.05) is 33.1 Å². The lowest BCUT2D eigenvalue weighted by atomic mass is 10.2. The average molecular weight is 327 g/mol. The van der Waals surface area contributed by atoms with Gasteiger partial charge in [-0.05, 0) is 42.5 Å². The summed E-state index contributed by atoms with van der Waals surface area (Å²) in [6.45, 7) is 0. The van der Waals surface area contributed by atoms with Gasteiger partial charge in [0.15, 0.2) is 0 Å². The van der Waals surface area contributed by atoms with Crippen LogP contribution in [0, 0.1) is 0 Å². The highest BCUT2D eigenvalue weighted by atomic mass is 35.5. The molecule has 110 valence electrons. The molecule has 0 bridgehead atoms. The van der Waals surface area contributed by atoms with Gasteiger partial charge >= 0.3 is 0 Å². The van der Waals surface area contributed by atoms with Crippen molar-refractivity contribution < 1.29 is 0 Å². The SMILES string of the molecule is Clc1ccc(Nc2ncccc2CSc2ccccc2)cc1. The van der Waals surface area contributed by atoms with E-state index in [0.717, 1.165) is 22.3 Å². The van der Waals surface area contributed by atoms with Gasteiger partial charge in [-0.2, -0.15) is 0 Å². The van der Waals surface area contributed by atoms with Crippen LogP contribution < -0.4 is 5.32 Å². The van der Waals surface area contributed by atoms with Crippen LogP contribution in [-0.2, 0) is 5.75 Å². The Balaban J connectivity index is 1.73. The van der Waals surface area contributed by atoms with Gasteiger partial charge < -0.3 is 5.32 Å². The van der Waals surface area contributed by atoms with Gasteiger partial charge in [-0.15, -0.1) is 11.8 Å². The third kappa shape index (κ3) is 4.03. The number of nitrogens with one attached hydrogen (secondary N) is 1.